The number of benzene rings is 1. The van der Waals surface area contributed by atoms with E-state index in [9.17, 15) is 0 Å². The Morgan fingerprint density at radius 3 is 2.53 bits per heavy atom. The summed E-state index contributed by atoms with van der Waals surface area (Å²) in [6.07, 6.45) is 1.04. The molecule has 17 heavy (non-hydrogen) atoms. The lowest BCUT2D eigenvalue weighted by molar-refractivity contribution is 0.309. The van der Waals surface area contributed by atoms with Gasteiger partial charge in [0.2, 0.25) is 0 Å². The van der Waals surface area contributed by atoms with E-state index in [4.69, 9.17) is 4.74 Å². The third kappa shape index (κ3) is 4.78. The van der Waals surface area contributed by atoms with Crippen molar-refractivity contribution in [2.75, 3.05) is 6.61 Å². The molecule has 0 saturated carbocycles. The summed E-state index contributed by atoms with van der Waals surface area (Å²) in [6.45, 7) is 12.4. The molecule has 0 aliphatic heterocycles. The number of para-hydroxylation sites is 1. The van der Waals surface area contributed by atoms with Crippen molar-refractivity contribution >= 4 is 0 Å². The highest BCUT2D eigenvalue weighted by atomic mass is 16.5. The maximum Gasteiger partial charge on any atom is 0.126 e. The van der Waals surface area contributed by atoms with Crippen molar-refractivity contribution < 1.29 is 4.74 Å². The van der Waals surface area contributed by atoms with Crippen molar-refractivity contribution in [3.8, 4) is 5.75 Å². The highest BCUT2D eigenvalue weighted by molar-refractivity contribution is 5.40. The van der Waals surface area contributed by atoms with E-state index in [2.05, 4.69) is 58.1 Å². The van der Waals surface area contributed by atoms with Crippen molar-refractivity contribution in [3.05, 3.63) is 29.3 Å². The van der Waals surface area contributed by atoms with Gasteiger partial charge in [-0.1, -0.05) is 25.1 Å². The minimum atomic E-state index is 0.131. The number of rotatable bonds is 5. The highest BCUT2D eigenvalue weighted by Crippen LogP contribution is 2.24. The fourth-order valence-corrected chi connectivity index (χ4v) is 1.62. The summed E-state index contributed by atoms with van der Waals surface area (Å²) >= 11 is 0. The van der Waals surface area contributed by atoms with E-state index >= 15 is 0 Å². The van der Waals surface area contributed by atoms with E-state index in [0.29, 0.717) is 0 Å². The van der Waals surface area contributed by atoms with Crippen molar-refractivity contribution in [1.29, 1.82) is 0 Å². The van der Waals surface area contributed by atoms with Crippen molar-refractivity contribution in [2.24, 2.45) is 0 Å². The fourth-order valence-electron chi connectivity index (χ4n) is 1.62. The number of aryl methyl sites for hydroxylation is 1. The molecule has 0 heterocycles. The van der Waals surface area contributed by atoms with E-state index in [1.165, 1.54) is 11.1 Å². The molecule has 0 unspecified atom stereocenters. The summed E-state index contributed by atoms with van der Waals surface area (Å²) in [7, 11) is 0. The predicted octanol–water partition coefficient (Wildman–Crippen LogP) is 3.67. The largest absolute Gasteiger partial charge is 0.493 e. The predicted molar refractivity (Wildman–Crippen MR) is 73.6 cm³/mol. The van der Waals surface area contributed by atoms with Gasteiger partial charge in [0.05, 0.1) is 6.61 Å². The molecule has 2 heteroatoms. The fraction of sp³-hybridized carbons (Fsp3) is 0.600. The first-order valence-electron chi connectivity index (χ1n) is 6.40. The highest BCUT2D eigenvalue weighted by Gasteiger charge is 2.12. The van der Waals surface area contributed by atoms with Crippen molar-refractivity contribution in [2.45, 2.75) is 53.1 Å². The molecule has 0 amide bonds. The monoisotopic (exact) mass is 235 g/mol. The van der Waals surface area contributed by atoms with Crippen LogP contribution in [-0.4, -0.2) is 12.1 Å². The van der Waals surface area contributed by atoms with Gasteiger partial charge in [-0.15, -0.1) is 0 Å². The van der Waals surface area contributed by atoms with E-state index in [-0.39, 0.29) is 5.54 Å². The van der Waals surface area contributed by atoms with Gasteiger partial charge in [0.25, 0.3) is 0 Å². The molecule has 1 aromatic rings. The first-order chi connectivity index (χ1) is 7.94. The second-order valence-electron chi connectivity index (χ2n) is 5.52. The Labute approximate surface area is 105 Å². The van der Waals surface area contributed by atoms with Crippen LogP contribution >= 0.6 is 0 Å². The van der Waals surface area contributed by atoms with Crippen molar-refractivity contribution in [1.82, 2.24) is 5.32 Å². The van der Waals surface area contributed by atoms with Gasteiger partial charge in [0.15, 0.2) is 0 Å². The lowest BCUT2D eigenvalue weighted by Crippen LogP contribution is -2.35. The molecule has 0 fully saturated rings. The van der Waals surface area contributed by atoms with Gasteiger partial charge >= 0.3 is 0 Å². The molecular formula is C15H25NO. The Hall–Kier alpha value is -1.02. The van der Waals surface area contributed by atoms with Gasteiger partial charge in [-0.05, 0) is 39.7 Å². The smallest absolute Gasteiger partial charge is 0.126 e. The summed E-state index contributed by atoms with van der Waals surface area (Å²) < 4.78 is 5.84. The molecule has 0 bridgehead atoms. The molecule has 0 aliphatic carbocycles. The Balaban J connectivity index is 2.79. The zero-order valence-electron chi connectivity index (χ0n) is 11.8. The van der Waals surface area contributed by atoms with Gasteiger partial charge in [-0.3, -0.25) is 0 Å². The van der Waals surface area contributed by atoms with Crippen LogP contribution < -0.4 is 10.1 Å². The standard InChI is InChI=1S/C15H25NO/c1-6-10-17-14-12(2)8-7-9-13(14)11-16-15(3,4)5/h7-9,16H,6,10-11H2,1-5H3. The molecule has 0 spiro atoms. The lowest BCUT2D eigenvalue weighted by atomic mass is 10.1. The van der Waals surface area contributed by atoms with Crippen LogP contribution in [0.15, 0.2) is 18.2 Å². The van der Waals surface area contributed by atoms with Crippen LogP contribution in [0.1, 0.15) is 45.2 Å². The van der Waals surface area contributed by atoms with Gasteiger partial charge in [-0.2, -0.15) is 0 Å². The molecule has 0 aromatic heterocycles. The van der Waals surface area contributed by atoms with Crippen LogP contribution in [0.2, 0.25) is 0 Å². The molecule has 2 nitrogen and oxygen atoms in total. The maximum absolute atomic E-state index is 5.84. The number of ether oxygens (including phenoxy) is 1. The Bertz CT molecular complexity index is 352. The van der Waals surface area contributed by atoms with Crippen molar-refractivity contribution in [3.63, 3.8) is 0 Å². The topological polar surface area (TPSA) is 21.3 Å². The molecule has 1 N–H and O–H groups in total. The molecule has 1 aromatic carbocycles. The van der Waals surface area contributed by atoms with Gasteiger partial charge in [0, 0.05) is 17.6 Å². The normalized spacial score (nSPS) is 11.6. The first kappa shape index (κ1) is 14.0. The van der Waals surface area contributed by atoms with Gasteiger partial charge < -0.3 is 10.1 Å². The molecular weight excluding hydrogens is 210 g/mol. The quantitative estimate of drug-likeness (QED) is 0.840. The molecule has 0 saturated heterocycles. The van der Waals surface area contributed by atoms with E-state index in [1.54, 1.807) is 0 Å². The molecule has 1 rings (SSSR count). The Kier molecular flexibility index (Phi) is 5.01. The second-order valence-corrected chi connectivity index (χ2v) is 5.52. The van der Waals surface area contributed by atoms with Crippen LogP contribution in [0.5, 0.6) is 5.75 Å². The maximum atomic E-state index is 5.84. The van der Waals surface area contributed by atoms with Crippen LogP contribution in [0, 0.1) is 6.92 Å². The Morgan fingerprint density at radius 1 is 1.24 bits per heavy atom. The number of hydrogen-bond acceptors (Lipinski definition) is 2. The van der Waals surface area contributed by atoms with Crippen LogP contribution in [0.25, 0.3) is 0 Å². The van der Waals surface area contributed by atoms with Crippen LogP contribution in [-0.2, 0) is 6.54 Å². The molecule has 0 aliphatic rings. The van der Waals surface area contributed by atoms with Gasteiger partial charge in [-0.25, -0.2) is 0 Å². The van der Waals surface area contributed by atoms with Crippen LogP contribution in [0.3, 0.4) is 0 Å². The number of hydrogen-bond donors (Lipinski definition) is 1. The Morgan fingerprint density at radius 2 is 1.94 bits per heavy atom. The minimum absolute atomic E-state index is 0.131. The third-order valence-corrected chi connectivity index (χ3v) is 2.55. The average Bonchev–Trinajstić information content (AvgIpc) is 2.24. The zero-order valence-corrected chi connectivity index (χ0v) is 11.8. The third-order valence-electron chi connectivity index (χ3n) is 2.55. The van der Waals surface area contributed by atoms with Crippen LogP contribution in [0.4, 0.5) is 0 Å². The molecule has 0 radical (unpaired) electrons. The summed E-state index contributed by atoms with van der Waals surface area (Å²) in [4.78, 5) is 0. The minimum Gasteiger partial charge on any atom is -0.493 e. The lowest BCUT2D eigenvalue weighted by Gasteiger charge is -2.22. The van der Waals surface area contributed by atoms with E-state index < -0.39 is 0 Å². The summed E-state index contributed by atoms with van der Waals surface area (Å²) in [5.41, 5.74) is 2.59. The van der Waals surface area contributed by atoms with E-state index in [1.807, 2.05) is 0 Å². The van der Waals surface area contributed by atoms with E-state index in [0.717, 1.165) is 25.3 Å². The first-order valence-corrected chi connectivity index (χ1v) is 6.40. The summed E-state index contributed by atoms with van der Waals surface area (Å²) in [5, 5.41) is 3.50. The SMILES string of the molecule is CCCOc1c(C)cccc1CNC(C)(C)C. The molecule has 96 valence electrons. The number of nitrogens with one attached hydrogen (secondary N) is 1. The zero-order chi connectivity index (χ0) is 12.9. The molecule has 0 atom stereocenters. The van der Waals surface area contributed by atoms with Gasteiger partial charge in [0.1, 0.15) is 5.75 Å². The average molecular weight is 235 g/mol. The summed E-state index contributed by atoms with van der Waals surface area (Å²) in [6, 6.07) is 6.33. The second kappa shape index (κ2) is 6.06. The summed E-state index contributed by atoms with van der Waals surface area (Å²) in [5.74, 6) is 1.05.